The van der Waals surface area contributed by atoms with Gasteiger partial charge in [0.15, 0.2) is 0 Å². The normalized spacial score (nSPS) is 15.9. The number of hydrogen-bond donors (Lipinski definition) is 2. The Bertz CT molecular complexity index is 769. The van der Waals surface area contributed by atoms with Gasteiger partial charge in [-0.25, -0.2) is 4.79 Å². The van der Waals surface area contributed by atoms with Crippen LogP contribution in [0, 0.1) is 11.8 Å². The Hall–Kier alpha value is -2.82. The first-order valence-electron chi connectivity index (χ1n) is 10.0. The zero-order chi connectivity index (χ0) is 19.9. The number of rotatable bonds is 5. The predicted molar refractivity (Wildman–Crippen MR) is 112 cm³/mol. The Labute approximate surface area is 167 Å². The van der Waals surface area contributed by atoms with E-state index in [-0.39, 0.29) is 23.9 Å². The van der Waals surface area contributed by atoms with Gasteiger partial charge in [-0.1, -0.05) is 62.4 Å². The Morgan fingerprint density at radius 2 is 1.50 bits per heavy atom. The van der Waals surface area contributed by atoms with Crippen LogP contribution in [0.2, 0.25) is 0 Å². The highest BCUT2D eigenvalue weighted by Crippen LogP contribution is 2.24. The second-order valence-electron chi connectivity index (χ2n) is 7.70. The van der Waals surface area contributed by atoms with Gasteiger partial charge in [-0.05, 0) is 36.5 Å². The van der Waals surface area contributed by atoms with E-state index in [4.69, 9.17) is 0 Å². The van der Waals surface area contributed by atoms with Crippen LogP contribution < -0.4 is 10.6 Å². The molecular weight excluding hydrogens is 350 g/mol. The van der Waals surface area contributed by atoms with Gasteiger partial charge in [0.25, 0.3) is 0 Å². The van der Waals surface area contributed by atoms with Gasteiger partial charge in [-0.15, -0.1) is 0 Å². The number of piperidine rings is 1. The highest BCUT2D eigenvalue weighted by atomic mass is 16.2. The summed E-state index contributed by atoms with van der Waals surface area (Å²) in [5.74, 6) is 0.347. The highest BCUT2D eigenvalue weighted by Gasteiger charge is 2.29. The third-order valence-electron chi connectivity index (χ3n) is 5.30. The first kappa shape index (κ1) is 19.9. The summed E-state index contributed by atoms with van der Waals surface area (Å²) in [4.78, 5) is 27.0. The number of anilines is 1. The molecule has 0 saturated carbocycles. The molecule has 1 aliphatic heterocycles. The molecule has 3 rings (SSSR count). The zero-order valence-corrected chi connectivity index (χ0v) is 16.6. The van der Waals surface area contributed by atoms with Gasteiger partial charge in [0, 0.05) is 24.7 Å². The Morgan fingerprint density at radius 1 is 0.929 bits per heavy atom. The van der Waals surface area contributed by atoms with E-state index in [1.807, 2.05) is 48.5 Å². The molecule has 2 aromatic rings. The van der Waals surface area contributed by atoms with Gasteiger partial charge in [0.2, 0.25) is 5.91 Å². The molecule has 0 aromatic heterocycles. The molecule has 1 atom stereocenters. The Morgan fingerprint density at radius 3 is 2.07 bits per heavy atom. The summed E-state index contributed by atoms with van der Waals surface area (Å²) < 4.78 is 0. The summed E-state index contributed by atoms with van der Waals surface area (Å²) in [6, 6.07) is 19.4. The quantitative estimate of drug-likeness (QED) is 0.806. The van der Waals surface area contributed by atoms with Crippen LogP contribution in [-0.4, -0.2) is 29.9 Å². The molecule has 5 heteroatoms. The van der Waals surface area contributed by atoms with Crippen molar-refractivity contribution in [2.24, 2.45) is 11.8 Å². The molecule has 1 saturated heterocycles. The standard InChI is InChI=1S/C23H29N3O2/c1-17(2)21(18-9-5-3-6-10-18)25-22(27)19-13-15-26(16-14-19)23(28)24-20-11-7-4-8-12-20/h3-12,17,19,21H,13-16H2,1-2H3,(H,24,28)(H,25,27). The third-order valence-corrected chi connectivity index (χ3v) is 5.30. The molecule has 28 heavy (non-hydrogen) atoms. The van der Waals surface area contributed by atoms with Crippen molar-refractivity contribution in [1.82, 2.24) is 10.2 Å². The minimum absolute atomic E-state index is 0.00751. The topological polar surface area (TPSA) is 61.4 Å². The van der Waals surface area contributed by atoms with Gasteiger partial charge in [-0.2, -0.15) is 0 Å². The molecule has 1 heterocycles. The van der Waals surface area contributed by atoms with E-state index in [0.717, 1.165) is 11.3 Å². The Kier molecular flexibility index (Phi) is 6.69. The van der Waals surface area contributed by atoms with E-state index in [1.54, 1.807) is 4.90 Å². The van der Waals surface area contributed by atoms with Crippen molar-refractivity contribution in [3.63, 3.8) is 0 Å². The summed E-state index contributed by atoms with van der Waals surface area (Å²) in [7, 11) is 0. The largest absolute Gasteiger partial charge is 0.349 e. The number of amides is 3. The highest BCUT2D eigenvalue weighted by molar-refractivity contribution is 5.89. The molecule has 1 aliphatic rings. The van der Waals surface area contributed by atoms with Crippen LogP contribution in [-0.2, 0) is 4.79 Å². The molecule has 0 radical (unpaired) electrons. The SMILES string of the molecule is CC(C)C(NC(=O)C1CCN(C(=O)Nc2ccccc2)CC1)c1ccccc1. The van der Waals surface area contributed by atoms with Crippen LogP contribution in [0.3, 0.4) is 0 Å². The van der Waals surface area contributed by atoms with E-state index in [1.165, 1.54) is 0 Å². The number of likely N-dealkylation sites (tertiary alicyclic amines) is 1. The van der Waals surface area contributed by atoms with E-state index >= 15 is 0 Å². The van der Waals surface area contributed by atoms with Crippen molar-refractivity contribution in [2.75, 3.05) is 18.4 Å². The fourth-order valence-electron chi connectivity index (χ4n) is 3.64. The minimum atomic E-state index is -0.102. The van der Waals surface area contributed by atoms with E-state index in [2.05, 4.69) is 36.6 Å². The zero-order valence-electron chi connectivity index (χ0n) is 16.6. The second kappa shape index (κ2) is 9.40. The van der Waals surface area contributed by atoms with Crippen LogP contribution in [0.5, 0.6) is 0 Å². The van der Waals surface area contributed by atoms with Crippen LogP contribution in [0.15, 0.2) is 60.7 Å². The number of carbonyl (C=O) groups is 2. The van der Waals surface area contributed by atoms with Crippen molar-refractivity contribution >= 4 is 17.6 Å². The predicted octanol–water partition coefficient (Wildman–Crippen LogP) is 4.44. The van der Waals surface area contributed by atoms with E-state index in [9.17, 15) is 9.59 Å². The number of benzene rings is 2. The summed E-state index contributed by atoms with van der Waals surface area (Å²) in [6.07, 6.45) is 1.38. The van der Waals surface area contributed by atoms with Crippen LogP contribution >= 0.6 is 0 Å². The maximum atomic E-state index is 12.8. The second-order valence-corrected chi connectivity index (χ2v) is 7.70. The van der Waals surface area contributed by atoms with Crippen LogP contribution in [0.25, 0.3) is 0 Å². The average Bonchev–Trinajstić information content (AvgIpc) is 2.73. The number of nitrogens with one attached hydrogen (secondary N) is 2. The molecule has 2 aromatic carbocycles. The Balaban J connectivity index is 1.52. The maximum absolute atomic E-state index is 12.8. The molecule has 0 bridgehead atoms. The van der Waals surface area contributed by atoms with Crippen molar-refractivity contribution in [3.05, 3.63) is 66.2 Å². The molecule has 3 amide bonds. The lowest BCUT2D eigenvalue weighted by atomic mass is 9.92. The van der Waals surface area contributed by atoms with Gasteiger partial charge in [0.05, 0.1) is 6.04 Å². The van der Waals surface area contributed by atoms with Crippen molar-refractivity contribution < 1.29 is 9.59 Å². The third kappa shape index (κ3) is 5.12. The first-order valence-corrected chi connectivity index (χ1v) is 10.0. The van der Waals surface area contributed by atoms with Gasteiger partial charge in [0.1, 0.15) is 0 Å². The lowest BCUT2D eigenvalue weighted by Crippen LogP contribution is -2.45. The lowest BCUT2D eigenvalue weighted by Gasteiger charge is -2.33. The number of para-hydroxylation sites is 1. The smallest absolute Gasteiger partial charge is 0.321 e. The number of urea groups is 1. The van der Waals surface area contributed by atoms with E-state index < -0.39 is 0 Å². The first-order chi connectivity index (χ1) is 13.5. The summed E-state index contributed by atoms with van der Waals surface area (Å²) >= 11 is 0. The fraction of sp³-hybridized carbons (Fsp3) is 0.391. The van der Waals surface area contributed by atoms with Gasteiger partial charge < -0.3 is 15.5 Å². The minimum Gasteiger partial charge on any atom is -0.349 e. The lowest BCUT2D eigenvalue weighted by molar-refractivity contribution is -0.127. The van der Waals surface area contributed by atoms with Crippen molar-refractivity contribution in [1.29, 1.82) is 0 Å². The maximum Gasteiger partial charge on any atom is 0.321 e. The van der Waals surface area contributed by atoms with Gasteiger partial charge in [-0.3, -0.25) is 4.79 Å². The molecule has 5 nitrogen and oxygen atoms in total. The molecule has 0 spiro atoms. The van der Waals surface area contributed by atoms with Crippen LogP contribution in [0.4, 0.5) is 10.5 Å². The van der Waals surface area contributed by atoms with Crippen molar-refractivity contribution in [3.8, 4) is 0 Å². The molecule has 1 unspecified atom stereocenters. The monoisotopic (exact) mass is 379 g/mol. The molecule has 1 fully saturated rings. The summed E-state index contributed by atoms with van der Waals surface area (Å²) in [5.41, 5.74) is 1.92. The fourth-order valence-corrected chi connectivity index (χ4v) is 3.64. The van der Waals surface area contributed by atoms with E-state index in [0.29, 0.717) is 31.8 Å². The van der Waals surface area contributed by atoms with Gasteiger partial charge >= 0.3 is 6.03 Å². The van der Waals surface area contributed by atoms with Crippen molar-refractivity contribution in [2.45, 2.75) is 32.7 Å². The average molecular weight is 380 g/mol. The molecule has 2 N–H and O–H groups in total. The summed E-state index contributed by atoms with van der Waals surface area (Å²) in [5, 5.41) is 6.14. The molecule has 148 valence electrons. The molecular formula is C23H29N3O2. The summed E-state index contributed by atoms with van der Waals surface area (Å²) in [6.45, 7) is 5.42. The number of hydrogen-bond acceptors (Lipinski definition) is 2. The number of nitrogens with zero attached hydrogens (tertiary/aromatic N) is 1. The molecule has 0 aliphatic carbocycles. The number of carbonyl (C=O) groups excluding carboxylic acids is 2. The van der Waals surface area contributed by atoms with Crippen LogP contribution in [0.1, 0.15) is 38.3 Å².